The number of hydrogen-bond donors (Lipinski definition) is 1. The van der Waals surface area contributed by atoms with Crippen molar-refractivity contribution in [3.8, 4) is 0 Å². The molecule has 0 spiro atoms. The molecule has 0 saturated carbocycles. The summed E-state index contributed by atoms with van der Waals surface area (Å²) < 4.78 is 16.5. The molecule has 0 unspecified atom stereocenters. The maximum atomic E-state index is 13.5. The third kappa shape index (κ3) is 5.64. The summed E-state index contributed by atoms with van der Waals surface area (Å²) in [6.45, 7) is 0.932. The van der Waals surface area contributed by atoms with Crippen LogP contribution in [-0.2, 0) is 17.9 Å². The highest BCUT2D eigenvalue weighted by atomic mass is 19.1. The van der Waals surface area contributed by atoms with Gasteiger partial charge in [0.25, 0.3) is 5.56 Å². The Labute approximate surface area is 213 Å². The minimum absolute atomic E-state index is 0.0499. The normalized spacial score (nSPS) is 11.2. The molecule has 5 rings (SSSR count). The molecule has 2 heterocycles. The molecule has 1 N–H and O–H groups in total. The summed E-state index contributed by atoms with van der Waals surface area (Å²) in [5, 5.41) is 7.65. The molecule has 186 valence electrons. The number of hydrogen-bond acceptors (Lipinski definition) is 4. The van der Waals surface area contributed by atoms with Crippen LogP contribution in [0.25, 0.3) is 11.0 Å². The molecule has 0 aliphatic carbocycles. The largest absolute Gasteiger partial charge is 0.354 e. The van der Waals surface area contributed by atoms with Gasteiger partial charge in [0.15, 0.2) is 5.65 Å². The van der Waals surface area contributed by atoms with Gasteiger partial charge in [-0.25, -0.2) is 14.1 Å². The zero-order chi connectivity index (χ0) is 25.6. The molecule has 0 aliphatic rings. The summed E-state index contributed by atoms with van der Waals surface area (Å²) in [5.41, 5.74) is 3.03. The van der Waals surface area contributed by atoms with Crippen LogP contribution in [0.2, 0.25) is 0 Å². The summed E-state index contributed by atoms with van der Waals surface area (Å²) in [7, 11) is 0. The van der Waals surface area contributed by atoms with Crippen LogP contribution in [0.3, 0.4) is 0 Å². The maximum Gasteiger partial charge on any atom is 0.264 e. The van der Waals surface area contributed by atoms with Crippen molar-refractivity contribution in [3.63, 3.8) is 0 Å². The highest BCUT2D eigenvalue weighted by Crippen LogP contribution is 2.27. The van der Waals surface area contributed by atoms with E-state index in [0.29, 0.717) is 36.1 Å². The first-order valence-electron chi connectivity index (χ1n) is 12.1. The quantitative estimate of drug-likeness (QED) is 0.334. The molecule has 3 aromatic carbocycles. The van der Waals surface area contributed by atoms with Crippen LogP contribution >= 0.6 is 0 Å². The average Bonchev–Trinajstić information content (AvgIpc) is 3.33. The summed E-state index contributed by atoms with van der Waals surface area (Å²) >= 11 is 0. The molecule has 2 aromatic heterocycles. The molecule has 5 aromatic rings. The Hall–Kier alpha value is -4.59. The maximum absolute atomic E-state index is 13.5. The van der Waals surface area contributed by atoms with Crippen LogP contribution in [0.5, 0.6) is 0 Å². The standard InChI is InChI=1S/C29H26FN5O2/c30-24-13-7-8-21(16-24)19-34-20-32-28-26(29(34)37)18-33-35(28)15-14-31-27(36)17-25(22-9-3-1-4-10-22)23-11-5-2-6-12-23/h1-13,16,18,20,25H,14-15,17,19H2,(H,31,36). The fourth-order valence-electron chi connectivity index (χ4n) is 4.46. The van der Waals surface area contributed by atoms with Gasteiger partial charge in [0.05, 0.1) is 19.3 Å². The van der Waals surface area contributed by atoms with Crippen LogP contribution in [0.4, 0.5) is 4.39 Å². The molecule has 0 aliphatic heterocycles. The van der Waals surface area contributed by atoms with Gasteiger partial charge in [0.2, 0.25) is 5.91 Å². The number of fused-ring (bicyclic) bond motifs is 1. The molecule has 0 bridgehead atoms. The Kier molecular flexibility index (Phi) is 7.16. The van der Waals surface area contributed by atoms with E-state index in [9.17, 15) is 14.0 Å². The minimum atomic E-state index is -0.353. The van der Waals surface area contributed by atoms with Gasteiger partial charge < -0.3 is 5.32 Å². The first-order valence-corrected chi connectivity index (χ1v) is 12.1. The van der Waals surface area contributed by atoms with E-state index >= 15 is 0 Å². The third-order valence-electron chi connectivity index (χ3n) is 6.30. The number of benzene rings is 3. The van der Waals surface area contributed by atoms with Crippen molar-refractivity contribution >= 4 is 16.9 Å². The molecular formula is C29H26FN5O2. The zero-order valence-corrected chi connectivity index (χ0v) is 20.1. The second kappa shape index (κ2) is 11.0. The number of rotatable bonds is 9. The van der Waals surface area contributed by atoms with E-state index in [-0.39, 0.29) is 29.7 Å². The van der Waals surface area contributed by atoms with E-state index in [2.05, 4.69) is 15.4 Å². The van der Waals surface area contributed by atoms with Crippen molar-refractivity contribution in [2.24, 2.45) is 0 Å². The molecule has 7 nitrogen and oxygen atoms in total. The van der Waals surface area contributed by atoms with Gasteiger partial charge >= 0.3 is 0 Å². The lowest BCUT2D eigenvalue weighted by Gasteiger charge is -2.18. The number of nitrogens with zero attached hydrogens (tertiary/aromatic N) is 4. The van der Waals surface area contributed by atoms with Crippen molar-refractivity contribution in [3.05, 3.63) is 130 Å². The molecule has 8 heteroatoms. The molecule has 0 saturated heterocycles. The van der Waals surface area contributed by atoms with Crippen molar-refractivity contribution in [1.29, 1.82) is 0 Å². The van der Waals surface area contributed by atoms with Gasteiger partial charge in [-0.15, -0.1) is 0 Å². The Morgan fingerprint density at radius 1 is 0.946 bits per heavy atom. The monoisotopic (exact) mass is 495 g/mol. The van der Waals surface area contributed by atoms with Crippen molar-refractivity contribution < 1.29 is 9.18 Å². The third-order valence-corrected chi connectivity index (χ3v) is 6.30. The number of amides is 1. The highest BCUT2D eigenvalue weighted by Gasteiger charge is 2.18. The predicted molar refractivity (Wildman–Crippen MR) is 140 cm³/mol. The highest BCUT2D eigenvalue weighted by molar-refractivity contribution is 5.77. The van der Waals surface area contributed by atoms with Gasteiger partial charge in [0.1, 0.15) is 17.5 Å². The topological polar surface area (TPSA) is 81.8 Å². The summed E-state index contributed by atoms with van der Waals surface area (Å²) in [5.74, 6) is -0.473. The Balaban J connectivity index is 1.24. The predicted octanol–water partition coefficient (Wildman–Crippen LogP) is 4.12. The van der Waals surface area contributed by atoms with Crippen LogP contribution < -0.4 is 10.9 Å². The first-order chi connectivity index (χ1) is 18.1. The Bertz CT molecular complexity index is 1520. The number of carbonyl (C=O) groups excluding carboxylic acids is 1. The minimum Gasteiger partial charge on any atom is -0.354 e. The van der Waals surface area contributed by atoms with Gasteiger partial charge in [0, 0.05) is 18.9 Å². The average molecular weight is 496 g/mol. The van der Waals surface area contributed by atoms with E-state index in [1.807, 2.05) is 60.7 Å². The molecule has 37 heavy (non-hydrogen) atoms. The molecule has 0 fully saturated rings. The lowest BCUT2D eigenvalue weighted by molar-refractivity contribution is -0.121. The van der Waals surface area contributed by atoms with Crippen LogP contribution in [0.15, 0.2) is 102 Å². The van der Waals surface area contributed by atoms with Gasteiger partial charge in [-0.05, 0) is 28.8 Å². The SMILES string of the molecule is O=C(CC(c1ccccc1)c1ccccc1)NCCn1ncc2c(=O)n(Cc3cccc(F)c3)cnc21. The van der Waals surface area contributed by atoms with Gasteiger partial charge in [-0.2, -0.15) is 5.10 Å². The molecular weight excluding hydrogens is 469 g/mol. The number of nitrogens with one attached hydrogen (secondary N) is 1. The van der Waals surface area contributed by atoms with Crippen molar-refractivity contribution in [2.75, 3.05) is 6.54 Å². The Morgan fingerprint density at radius 2 is 1.65 bits per heavy atom. The van der Waals surface area contributed by atoms with E-state index in [1.54, 1.807) is 16.8 Å². The van der Waals surface area contributed by atoms with E-state index < -0.39 is 0 Å². The molecule has 1 amide bonds. The van der Waals surface area contributed by atoms with Crippen molar-refractivity contribution in [1.82, 2.24) is 24.6 Å². The number of aromatic nitrogens is 4. The van der Waals surface area contributed by atoms with E-state index in [1.165, 1.54) is 29.2 Å². The van der Waals surface area contributed by atoms with Crippen LogP contribution in [-0.4, -0.2) is 31.8 Å². The fourth-order valence-corrected chi connectivity index (χ4v) is 4.46. The van der Waals surface area contributed by atoms with Gasteiger partial charge in [-0.3, -0.25) is 14.2 Å². The van der Waals surface area contributed by atoms with E-state index in [0.717, 1.165) is 11.1 Å². The number of halogens is 1. The van der Waals surface area contributed by atoms with Crippen molar-refractivity contribution in [2.45, 2.75) is 25.4 Å². The van der Waals surface area contributed by atoms with E-state index in [4.69, 9.17) is 0 Å². The lowest BCUT2D eigenvalue weighted by Crippen LogP contribution is -2.29. The second-order valence-electron chi connectivity index (χ2n) is 8.84. The summed E-state index contributed by atoms with van der Waals surface area (Å²) in [4.78, 5) is 30.2. The molecule has 0 atom stereocenters. The Morgan fingerprint density at radius 3 is 2.32 bits per heavy atom. The smallest absolute Gasteiger partial charge is 0.264 e. The summed E-state index contributed by atoms with van der Waals surface area (Å²) in [6, 6.07) is 26.1. The van der Waals surface area contributed by atoms with Gasteiger partial charge in [-0.1, -0.05) is 72.8 Å². The first kappa shape index (κ1) is 24.1. The van der Waals surface area contributed by atoms with Crippen LogP contribution in [0, 0.1) is 5.82 Å². The summed E-state index contributed by atoms with van der Waals surface area (Å²) in [6.07, 6.45) is 3.24. The van der Waals surface area contributed by atoms with Crippen LogP contribution in [0.1, 0.15) is 29.0 Å². The number of carbonyl (C=O) groups is 1. The fraction of sp³-hybridized carbons (Fsp3) is 0.172. The lowest BCUT2D eigenvalue weighted by atomic mass is 9.88. The zero-order valence-electron chi connectivity index (χ0n) is 20.1. The molecule has 0 radical (unpaired) electrons. The second-order valence-corrected chi connectivity index (χ2v) is 8.84.